The second-order valence-electron chi connectivity index (χ2n) is 4.72. The van der Waals surface area contributed by atoms with Crippen LogP contribution in [0.1, 0.15) is 23.9 Å². The Balaban J connectivity index is 2.28. The number of hydrogen-bond acceptors (Lipinski definition) is 0. The van der Waals surface area contributed by atoms with Gasteiger partial charge in [0.25, 0.3) is 0 Å². The second-order valence-corrected chi connectivity index (χ2v) is 12.8. The van der Waals surface area contributed by atoms with Crippen LogP contribution in [0.15, 0.2) is 42.0 Å². The van der Waals surface area contributed by atoms with Crippen molar-refractivity contribution in [2.75, 3.05) is 0 Å². The summed E-state index contributed by atoms with van der Waals surface area (Å²) in [6, 6.07) is 12.6. The molecular weight excluding hydrogens is 356 g/mol. The van der Waals surface area contributed by atoms with Crippen molar-refractivity contribution < 1.29 is 18.9 Å². The number of hydrogen-bond donors (Lipinski definition) is 0. The molecule has 0 bridgehead atoms. The van der Waals surface area contributed by atoms with E-state index >= 15 is 0 Å². The van der Waals surface area contributed by atoms with Gasteiger partial charge in [0.05, 0.1) is 0 Å². The molecule has 0 aliphatic heterocycles. The van der Waals surface area contributed by atoms with E-state index in [-0.39, 0.29) is 0 Å². The third-order valence-corrected chi connectivity index (χ3v) is 8.24. The number of benzene rings is 1. The van der Waals surface area contributed by atoms with Gasteiger partial charge >= 0.3 is 128 Å². The number of aryl methyl sites for hydroxylation is 1. The first-order valence-electron chi connectivity index (χ1n) is 6.11. The summed E-state index contributed by atoms with van der Waals surface area (Å²) >= 11 is -2.40. The van der Waals surface area contributed by atoms with Crippen LogP contribution in [0.3, 0.4) is 0 Å². The Morgan fingerprint density at radius 3 is 2.37 bits per heavy atom. The van der Waals surface area contributed by atoms with E-state index in [4.69, 9.17) is 17.0 Å². The van der Waals surface area contributed by atoms with Gasteiger partial charge < -0.3 is 0 Å². The van der Waals surface area contributed by atoms with E-state index in [1.54, 1.807) is 0 Å². The van der Waals surface area contributed by atoms with Crippen molar-refractivity contribution in [1.29, 1.82) is 0 Å². The van der Waals surface area contributed by atoms with E-state index in [2.05, 4.69) is 54.8 Å². The van der Waals surface area contributed by atoms with Crippen molar-refractivity contribution >= 4 is 26.3 Å². The predicted octanol–water partition coefficient (Wildman–Crippen LogP) is 4.65. The van der Waals surface area contributed by atoms with Crippen molar-refractivity contribution in [2.45, 2.75) is 13.8 Å². The fraction of sp³-hybridized carbons (Fsp3) is 0.133. The van der Waals surface area contributed by atoms with E-state index < -0.39 is 18.9 Å². The molecule has 0 atom stereocenters. The Labute approximate surface area is 127 Å². The van der Waals surface area contributed by atoms with Gasteiger partial charge in [-0.15, -0.1) is 0 Å². The number of halogens is 2. The zero-order chi connectivity index (χ0) is 13.6. The molecule has 0 fully saturated rings. The minimum atomic E-state index is -2.40. The molecular formula is C15H13Cl2NZr. The summed E-state index contributed by atoms with van der Waals surface area (Å²) in [5.74, 6) is 0. The number of aromatic nitrogens is 1. The SMILES string of the molecule is CC1=Cc2c(cc(C)n2-c2ccccc2)[C]1=[Zr]([Cl])[Cl]. The molecule has 96 valence electrons. The van der Waals surface area contributed by atoms with E-state index in [9.17, 15) is 0 Å². The molecule has 3 rings (SSSR count). The van der Waals surface area contributed by atoms with Gasteiger partial charge in [-0.25, -0.2) is 0 Å². The molecule has 1 aliphatic rings. The molecule has 0 spiro atoms. The van der Waals surface area contributed by atoms with Gasteiger partial charge in [0.2, 0.25) is 0 Å². The molecule has 4 heteroatoms. The zero-order valence-electron chi connectivity index (χ0n) is 10.7. The molecule has 1 aromatic carbocycles. The summed E-state index contributed by atoms with van der Waals surface area (Å²) in [5, 5.41) is 0. The second kappa shape index (κ2) is 5.16. The van der Waals surface area contributed by atoms with Crippen molar-refractivity contribution in [3.05, 3.63) is 58.9 Å². The van der Waals surface area contributed by atoms with Gasteiger partial charge in [0.1, 0.15) is 0 Å². The average molecular weight is 369 g/mol. The van der Waals surface area contributed by atoms with Gasteiger partial charge in [-0.1, -0.05) is 0 Å². The first kappa shape index (κ1) is 13.6. The number of nitrogens with zero attached hydrogens (tertiary/aromatic N) is 1. The number of fused-ring (bicyclic) bond motifs is 1. The molecule has 2 aromatic rings. The molecule has 0 N–H and O–H groups in total. The van der Waals surface area contributed by atoms with Gasteiger partial charge in [0.15, 0.2) is 0 Å². The van der Waals surface area contributed by atoms with Crippen LogP contribution in [0.25, 0.3) is 11.8 Å². The van der Waals surface area contributed by atoms with Crippen molar-refractivity contribution in [3.63, 3.8) is 0 Å². The molecule has 0 saturated heterocycles. The fourth-order valence-corrected chi connectivity index (χ4v) is 7.53. The van der Waals surface area contributed by atoms with Gasteiger partial charge in [-0.2, -0.15) is 0 Å². The van der Waals surface area contributed by atoms with Crippen LogP contribution in [-0.2, 0) is 18.9 Å². The Kier molecular flexibility index (Phi) is 3.68. The van der Waals surface area contributed by atoms with E-state index in [1.807, 2.05) is 6.07 Å². The third-order valence-electron chi connectivity index (χ3n) is 3.44. The number of allylic oxidation sites excluding steroid dienone is 1. The summed E-state index contributed by atoms with van der Waals surface area (Å²) in [6.07, 6.45) is 2.20. The van der Waals surface area contributed by atoms with Crippen LogP contribution in [0.5, 0.6) is 0 Å². The fourth-order valence-electron chi connectivity index (χ4n) is 2.66. The average Bonchev–Trinajstić information content (AvgIpc) is 2.82. The van der Waals surface area contributed by atoms with Crippen molar-refractivity contribution in [2.24, 2.45) is 0 Å². The van der Waals surface area contributed by atoms with Gasteiger partial charge in [-0.3, -0.25) is 0 Å². The maximum atomic E-state index is 6.29. The summed E-state index contributed by atoms with van der Waals surface area (Å²) in [4.78, 5) is 0. The van der Waals surface area contributed by atoms with Crippen LogP contribution in [0.2, 0.25) is 0 Å². The monoisotopic (exact) mass is 367 g/mol. The molecule has 1 nitrogen and oxygen atoms in total. The van der Waals surface area contributed by atoms with Gasteiger partial charge in [-0.05, 0) is 0 Å². The summed E-state index contributed by atoms with van der Waals surface area (Å²) in [6.45, 7) is 4.23. The Bertz CT molecular complexity index is 707. The topological polar surface area (TPSA) is 4.93 Å². The molecule has 0 radical (unpaired) electrons. The molecule has 0 unspecified atom stereocenters. The van der Waals surface area contributed by atoms with Crippen molar-refractivity contribution in [3.8, 4) is 5.69 Å². The van der Waals surface area contributed by atoms with Crippen LogP contribution in [-0.4, -0.2) is 7.77 Å². The Morgan fingerprint density at radius 2 is 1.74 bits per heavy atom. The summed E-state index contributed by atoms with van der Waals surface area (Å²) in [7, 11) is 12.6. The summed E-state index contributed by atoms with van der Waals surface area (Å²) in [5.41, 5.74) is 6.08. The standard InChI is InChI=1S/C15H13N.2ClH.Zr/c1-11-8-13-10-12(2)16(15(13)9-11)14-6-4-3-5-7-14;;;/h3-7,9-10H,1-2H3;2*1H;/q;;;+2/p-2. The van der Waals surface area contributed by atoms with Gasteiger partial charge in [0, 0.05) is 0 Å². The normalized spacial score (nSPS) is 13.5. The first-order valence-corrected chi connectivity index (χ1v) is 13.7. The summed E-state index contributed by atoms with van der Waals surface area (Å²) < 4.78 is 3.49. The molecule has 19 heavy (non-hydrogen) atoms. The Morgan fingerprint density at radius 1 is 1.05 bits per heavy atom. The van der Waals surface area contributed by atoms with Crippen LogP contribution >= 0.6 is 17.0 Å². The molecule has 0 saturated carbocycles. The van der Waals surface area contributed by atoms with E-state index in [0.717, 1.165) is 0 Å². The Hall–Kier alpha value is -0.427. The van der Waals surface area contributed by atoms with Crippen LogP contribution in [0, 0.1) is 6.92 Å². The third kappa shape index (κ3) is 2.24. The number of para-hydroxylation sites is 1. The minimum absolute atomic E-state index is 1.18. The van der Waals surface area contributed by atoms with Crippen LogP contribution in [0.4, 0.5) is 0 Å². The molecule has 1 aliphatic carbocycles. The van der Waals surface area contributed by atoms with E-state index in [1.165, 1.54) is 31.4 Å². The van der Waals surface area contributed by atoms with Crippen LogP contribution < -0.4 is 0 Å². The zero-order valence-corrected chi connectivity index (χ0v) is 14.7. The molecule has 1 heterocycles. The molecule has 0 amide bonds. The molecule has 1 aromatic heterocycles. The quantitative estimate of drug-likeness (QED) is 0.690. The predicted molar refractivity (Wildman–Crippen MR) is 80.0 cm³/mol. The van der Waals surface area contributed by atoms with E-state index in [0.29, 0.717) is 0 Å². The van der Waals surface area contributed by atoms with Crippen molar-refractivity contribution in [1.82, 2.24) is 4.57 Å². The first-order chi connectivity index (χ1) is 9.09. The maximum absolute atomic E-state index is 6.29. The number of rotatable bonds is 1.